The predicted molar refractivity (Wildman–Crippen MR) is 135 cm³/mol. The number of hydrogen-bond donors (Lipinski definition) is 1. The summed E-state index contributed by atoms with van der Waals surface area (Å²) in [4.78, 5) is 48.0. The Kier molecular flexibility index (Phi) is 5.26. The summed E-state index contributed by atoms with van der Waals surface area (Å²) >= 11 is 2.83. The van der Waals surface area contributed by atoms with E-state index in [-0.39, 0.29) is 47.3 Å². The highest BCUT2D eigenvalue weighted by molar-refractivity contribution is 8.01. The number of Topliss-reactive ketones (excluding diaryl/α,β-unsaturated/α-hetero) is 2. The highest BCUT2D eigenvalue weighted by atomic mass is 32.2. The van der Waals surface area contributed by atoms with Gasteiger partial charge in [-0.15, -0.1) is 11.3 Å². The van der Waals surface area contributed by atoms with Gasteiger partial charge in [0.15, 0.2) is 21.6 Å². The van der Waals surface area contributed by atoms with E-state index in [2.05, 4.69) is 16.9 Å². The summed E-state index contributed by atoms with van der Waals surface area (Å²) in [5.74, 6) is 0.0104. The van der Waals surface area contributed by atoms with E-state index in [1.54, 1.807) is 18.3 Å². The van der Waals surface area contributed by atoms with Crippen LogP contribution >= 0.6 is 23.1 Å². The molecule has 6 atom stereocenters. The minimum Gasteiger partial charge on any atom is -0.381 e. The first-order chi connectivity index (χ1) is 16.7. The highest BCUT2D eigenvalue weighted by Gasteiger charge is 2.68. The van der Waals surface area contributed by atoms with Gasteiger partial charge in [0.1, 0.15) is 11.4 Å². The van der Waals surface area contributed by atoms with Crippen LogP contribution in [0.15, 0.2) is 46.5 Å². The zero-order valence-electron chi connectivity index (χ0n) is 19.8. The summed E-state index contributed by atoms with van der Waals surface area (Å²) < 4.78 is 1.73. The van der Waals surface area contributed by atoms with Crippen molar-refractivity contribution in [3.05, 3.63) is 42.1 Å². The van der Waals surface area contributed by atoms with Crippen molar-refractivity contribution in [2.75, 3.05) is 5.75 Å². The van der Waals surface area contributed by atoms with E-state index in [4.69, 9.17) is 0 Å². The fraction of sp³-hybridized carbons (Fsp3) is 0.519. The molecule has 35 heavy (non-hydrogen) atoms. The van der Waals surface area contributed by atoms with Gasteiger partial charge < -0.3 is 5.11 Å². The number of pyridine rings is 1. The second-order valence-corrected chi connectivity index (χ2v) is 13.2. The molecule has 2 aromatic rings. The van der Waals surface area contributed by atoms with E-state index in [1.807, 2.05) is 25.1 Å². The fourth-order valence-electron chi connectivity index (χ4n) is 7.55. The first-order valence-corrected chi connectivity index (χ1v) is 14.0. The van der Waals surface area contributed by atoms with Crippen LogP contribution in [0.2, 0.25) is 0 Å². The predicted octanol–water partition coefficient (Wildman–Crippen LogP) is 4.57. The molecular formula is C27H28N2O4S2. The topological polar surface area (TPSA) is 97.2 Å². The Morgan fingerprint density at radius 3 is 2.91 bits per heavy atom. The van der Waals surface area contributed by atoms with E-state index >= 15 is 0 Å². The number of allylic oxidation sites excluding steroid dienone is 4. The molecule has 2 heterocycles. The van der Waals surface area contributed by atoms with Crippen molar-refractivity contribution in [2.24, 2.45) is 28.6 Å². The maximum absolute atomic E-state index is 13.7. The van der Waals surface area contributed by atoms with Crippen molar-refractivity contribution in [2.45, 2.75) is 55.9 Å². The third kappa shape index (κ3) is 3.29. The van der Waals surface area contributed by atoms with E-state index in [1.165, 1.54) is 23.1 Å². The van der Waals surface area contributed by atoms with Gasteiger partial charge in [0.2, 0.25) is 0 Å². The minimum atomic E-state index is -1.52. The van der Waals surface area contributed by atoms with Crippen molar-refractivity contribution in [1.82, 2.24) is 9.97 Å². The van der Waals surface area contributed by atoms with Gasteiger partial charge in [-0.2, -0.15) is 0 Å². The number of ketones is 3. The highest BCUT2D eigenvalue weighted by Crippen LogP contribution is 2.66. The van der Waals surface area contributed by atoms with Gasteiger partial charge in [0.25, 0.3) is 0 Å². The zero-order valence-corrected chi connectivity index (χ0v) is 21.5. The monoisotopic (exact) mass is 508 g/mol. The molecule has 4 aliphatic carbocycles. The van der Waals surface area contributed by atoms with Crippen LogP contribution in [0.5, 0.6) is 0 Å². The second-order valence-electron chi connectivity index (χ2n) is 11.0. The van der Waals surface area contributed by atoms with Crippen LogP contribution < -0.4 is 0 Å². The molecule has 3 saturated carbocycles. The molecule has 0 bridgehead atoms. The lowest BCUT2D eigenvalue weighted by Crippen LogP contribution is -2.60. The van der Waals surface area contributed by atoms with Crippen LogP contribution in [0.3, 0.4) is 0 Å². The molecule has 0 aliphatic heterocycles. The van der Waals surface area contributed by atoms with E-state index in [9.17, 15) is 19.5 Å². The summed E-state index contributed by atoms with van der Waals surface area (Å²) in [6.45, 7) is 4.03. The van der Waals surface area contributed by atoms with E-state index in [0.717, 1.165) is 33.9 Å². The van der Waals surface area contributed by atoms with Crippen molar-refractivity contribution in [3.8, 4) is 0 Å². The number of aromatic nitrogens is 2. The molecule has 182 valence electrons. The summed E-state index contributed by atoms with van der Waals surface area (Å²) in [6, 6.07) is 3.82. The second kappa shape index (κ2) is 7.92. The van der Waals surface area contributed by atoms with E-state index < -0.39 is 16.4 Å². The maximum Gasteiger partial charge on any atom is 0.178 e. The number of carbonyl (C=O) groups excluding carboxylic acids is 3. The van der Waals surface area contributed by atoms with Crippen LogP contribution in [-0.4, -0.2) is 43.8 Å². The third-order valence-corrected chi connectivity index (χ3v) is 11.5. The Morgan fingerprint density at radius 1 is 1.29 bits per heavy atom. The molecule has 0 aromatic carbocycles. The number of carbonyl (C=O) groups is 3. The van der Waals surface area contributed by atoms with Crippen molar-refractivity contribution < 1.29 is 19.5 Å². The molecular weight excluding hydrogens is 480 g/mol. The molecule has 8 heteroatoms. The molecule has 0 radical (unpaired) electrons. The number of thioether (sulfide) groups is 1. The van der Waals surface area contributed by atoms with Crippen LogP contribution in [0, 0.1) is 28.6 Å². The smallest absolute Gasteiger partial charge is 0.178 e. The molecule has 1 N–H and O–H groups in total. The quantitative estimate of drug-likeness (QED) is 0.604. The largest absolute Gasteiger partial charge is 0.381 e. The van der Waals surface area contributed by atoms with Gasteiger partial charge >= 0.3 is 0 Å². The fourth-order valence-corrected chi connectivity index (χ4v) is 9.53. The van der Waals surface area contributed by atoms with Gasteiger partial charge in [-0.25, -0.2) is 9.97 Å². The van der Waals surface area contributed by atoms with Gasteiger partial charge in [0, 0.05) is 29.4 Å². The Hall–Kier alpha value is -2.16. The van der Waals surface area contributed by atoms with Crippen LogP contribution in [0.1, 0.15) is 46.0 Å². The zero-order chi connectivity index (χ0) is 24.6. The number of nitrogens with zero attached hydrogens (tertiary/aromatic N) is 2. The number of thiazole rings is 1. The van der Waals surface area contributed by atoms with Crippen LogP contribution in [0.4, 0.5) is 0 Å². The average molecular weight is 509 g/mol. The lowest BCUT2D eigenvalue weighted by molar-refractivity contribution is -0.165. The Bertz CT molecular complexity index is 1300. The van der Waals surface area contributed by atoms with Crippen LogP contribution in [0.25, 0.3) is 10.3 Å². The normalized spacial score (nSPS) is 38.1. The maximum atomic E-state index is 13.7. The third-order valence-electron chi connectivity index (χ3n) is 9.34. The van der Waals surface area contributed by atoms with Crippen molar-refractivity contribution >= 4 is 50.8 Å². The van der Waals surface area contributed by atoms with Crippen molar-refractivity contribution in [1.29, 1.82) is 0 Å². The molecule has 3 fully saturated rings. The summed E-state index contributed by atoms with van der Waals surface area (Å²) in [5.41, 5.74) is -1.02. The summed E-state index contributed by atoms with van der Waals surface area (Å²) in [5, 5.41) is 11.9. The molecule has 0 saturated heterocycles. The number of aliphatic hydroxyl groups is 1. The molecule has 4 aliphatic rings. The van der Waals surface area contributed by atoms with Gasteiger partial charge in [-0.05, 0) is 61.8 Å². The first-order valence-electron chi connectivity index (χ1n) is 12.2. The van der Waals surface area contributed by atoms with Gasteiger partial charge in [-0.3, -0.25) is 14.4 Å². The number of rotatable bonds is 4. The Labute approximate surface area is 212 Å². The Morgan fingerprint density at radius 2 is 2.11 bits per heavy atom. The SMILES string of the molecule is CC12C=CC(=O)C=C1CCC1C2C(=O)CC2(C)C1CC[C@]2(O)C(=O)CSc1nc2ncccc2s1. The first kappa shape index (κ1) is 23.3. The molecule has 2 aromatic heterocycles. The van der Waals surface area contributed by atoms with Gasteiger partial charge in [-0.1, -0.05) is 37.3 Å². The molecule has 0 amide bonds. The van der Waals surface area contributed by atoms with Gasteiger partial charge in [0.05, 0.1) is 10.5 Å². The Balaban J connectivity index is 1.25. The molecule has 6 rings (SSSR count). The summed E-state index contributed by atoms with van der Waals surface area (Å²) in [7, 11) is 0. The van der Waals surface area contributed by atoms with Crippen LogP contribution in [-0.2, 0) is 14.4 Å². The number of fused-ring (bicyclic) bond motifs is 6. The lowest BCUT2D eigenvalue weighted by atomic mass is 9.46. The summed E-state index contributed by atoms with van der Waals surface area (Å²) in [6.07, 6.45) is 9.84. The van der Waals surface area contributed by atoms with E-state index in [0.29, 0.717) is 12.1 Å². The lowest BCUT2D eigenvalue weighted by Gasteiger charge is -2.56. The molecule has 6 nitrogen and oxygen atoms in total. The average Bonchev–Trinajstić information content (AvgIpc) is 3.36. The minimum absolute atomic E-state index is 0.00809. The molecule has 5 unspecified atom stereocenters. The van der Waals surface area contributed by atoms with Crippen molar-refractivity contribution in [3.63, 3.8) is 0 Å². The number of hydrogen-bond acceptors (Lipinski definition) is 8. The molecule has 0 spiro atoms. The standard InChI is InChI=1S/C27H28N2O4S2/c1-25-9-7-16(30)12-15(25)5-6-17-18-8-10-27(33,26(18,2)13-19(31)22(17)25)21(32)14-34-24-29-23-20(35-24)4-3-11-28-23/h3-4,7,9,11-12,17-18,22,33H,5-6,8,10,13-14H2,1-2H3/t17?,18?,22?,25?,26?,27-/m0/s1.